The predicted octanol–water partition coefficient (Wildman–Crippen LogP) is 0.425. The number of hydrogen-bond acceptors (Lipinski definition) is 3. The van der Waals surface area contributed by atoms with Crippen molar-refractivity contribution in [3.05, 3.63) is 12.7 Å². The van der Waals surface area contributed by atoms with Crippen LogP contribution < -0.4 is 5.32 Å². The first-order chi connectivity index (χ1) is 5.41. The average molecular weight is 159 g/mol. The van der Waals surface area contributed by atoms with Crippen LogP contribution in [0.3, 0.4) is 0 Å². The Bertz CT molecular complexity index is 86.2. The maximum atomic E-state index is 5.14. The standard InChI is InChI=1S/C8H17NO2/c1-3-6-11-8-5-9-4-7-10-2/h3,9H,1,4-8H2,2H3. The van der Waals surface area contributed by atoms with Crippen LogP contribution in [0.4, 0.5) is 0 Å². The normalized spacial score (nSPS) is 9.91. The van der Waals surface area contributed by atoms with Crippen molar-refractivity contribution in [3.63, 3.8) is 0 Å². The molecule has 3 nitrogen and oxygen atoms in total. The minimum absolute atomic E-state index is 0.631. The van der Waals surface area contributed by atoms with Crippen molar-refractivity contribution in [2.24, 2.45) is 0 Å². The van der Waals surface area contributed by atoms with Gasteiger partial charge in [-0.05, 0) is 0 Å². The number of ether oxygens (including phenoxy) is 2. The highest BCUT2D eigenvalue weighted by Gasteiger charge is 1.85. The number of rotatable bonds is 8. The fourth-order valence-electron chi connectivity index (χ4n) is 0.610. The molecule has 1 N–H and O–H groups in total. The third-order valence-electron chi connectivity index (χ3n) is 1.14. The third-order valence-corrected chi connectivity index (χ3v) is 1.14. The highest BCUT2D eigenvalue weighted by Crippen LogP contribution is 1.73. The molecule has 0 radical (unpaired) electrons. The van der Waals surface area contributed by atoms with Crippen molar-refractivity contribution < 1.29 is 9.47 Å². The van der Waals surface area contributed by atoms with Crippen molar-refractivity contribution >= 4 is 0 Å². The molecular formula is C8H17NO2. The van der Waals surface area contributed by atoms with Crippen LogP contribution in [0, 0.1) is 0 Å². The summed E-state index contributed by atoms with van der Waals surface area (Å²) in [4.78, 5) is 0. The van der Waals surface area contributed by atoms with Crippen molar-refractivity contribution in [2.45, 2.75) is 0 Å². The minimum atomic E-state index is 0.631. The van der Waals surface area contributed by atoms with Crippen LogP contribution >= 0.6 is 0 Å². The summed E-state index contributed by atoms with van der Waals surface area (Å²) in [5.41, 5.74) is 0. The summed E-state index contributed by atoms with van der Waals surface area (Å²) in [6.07, 6.45) is 1.75. The lowest BCUT2D eigenvalue weighted by Gasteiger charge is -2.03. The molecule has 0 rings (SSSR count). The van der Waals surface area contributed by atoms with Gasteiger partial charge in [0.1, 0.15) is 0 Å². The molecule has 0 aliphatic heterocycles. The van der Waals surface area contributed by atoms with E-state index < -0.39 is 0 Å². The largest absolute Gasteiger partial charge is 0.383 e. The lowest BCUT2D eigenvalue weighted by molar-refractivity contribution is 0.157. The van der Waals surface area contributed by atoms with E-state index in [1.54, 1.807) is 13.2 Å². The van der Waals surface area contributed by atoms with Gasteiger partial charge in [0.25, 0.3) is 0 Å². The van der Waals surface area contributed by atoms with Gasteiger partial charge in [0.2, 0.25) is 0 Å². The summed E-state index contributed by atoms with van der Waals surface area (Å²) in [6, 6.07) is 0. The molecular weight excluding hydrogens is 142 g/mol. The molecule has 0 fully saturated rings. The lowest BCUT2D eigenvalue weighted by Crippen LogP contribution is -2.23. The van der Waals surface area contributed by atoms with E-state index in [1.807, 2.05) is 0 Å². The summed E-state index contributed by atoms with van der Waals surface area (Å²) >= 11 is 0. The van der Waals surface area contributed by atoms with Gasteiger partial charge in [-0.25, -0.2) is 0 Å². The van der Waals surface area contributed by atoms with Gasteiger partial charge in [-0.2, -0.15) is 0 Å². The zero-order valence-corrected chi connectivity index (χ0v) is 7.14. The van der Waals surface area contributed by atoms with Crippen molar-refractivity contribution in [1.29, 1.82) is 0 Å². The molecule has 0 aliphatic rings. The van der Waals surface area contributed by atoms with Crippen LogP contribution in [0.5, 0.6) is 0 Å². The molecule has 0 saturated heterocycles. The van der Waals surface area contributed by atoms with Gasteiger partial charge < -0.3 is 14.8 Å². The molecule has 0 atom stereocenters. The van der Waals surface area contributed by atoms with E-state index in [-0.39, 0.29) is 0 Å². The second-order valence-corrected chi connectivity index (χ2v) is 2.11. The van der Waals surface area contributed by atoms with Crippen molar-refractivity contribution in [2.75, 3.05) is 40.0 Å². The van der Waals surface area contributed by atoms with E-state index in [0.29, 0.717) is 6.61 Å². The molecule has 0 aliphatic carbocycles. The topological polar surface area (TPSA) is 30.5 Å². The Morgan fingerprint density at radius 1 is 1.36 bits per heavy atom. The average Bonchev–Trinajstić information content (AvgIpc) is 2.03. The van der Waals surface area contributed by atoms with Gasteiger partial charge >= 0.3 is 0 Å². The van der Waals surface area contributed by atoms with Crippen LogP contribution in [0.15, 0.2) is 12.7 Å². The fourth-order valence-corrected chi connectivity index (χ4v) is 0.610. The van der Waals surface area contributed by atoms with Crippen molar-refractivity contribution in [1.82, 2.24) is 5.32 Å². The van der Waals surface area contributed by atoms with E-state index in [4.69, 9.17) is 9.47 Å². The van der Waals surface area contributed by atoms with E-state index >= 15 is 0 Å². The van der Waals surface area contributed by atoms with Gasteiger partial charge in [0, 0.05) is 20.2 Å². The SMILES string of the molecule is C=CCOCCNCCOC. The molecule has 3 heteroatoms. The molecule has 66 valence electrons. The Labute approximate surface area is 68.4 Å². The van der Waals surface area contributed by atoms with Gasteiger partial charge in [0.05, 0.1) is 19.8 Å². The monoisotopic (exact) mass is 159 g/mol. The van der Waals surface area contributed by atoms with E-state index in [9.17, 15) is 0 Å². The molecule has 0 unspecified atom stereocenters. The number of nitrogens with one attached hydrogen (secondary N) is 1. The smallest absolute Gasteiger partial charge is 0.0645 e. The number of hydrogen-bond donors (Lipinski definition) is 1. The Hall–Kier alpha value is -0.380. The zero-order valence-electron chi connectivity index (χ0n) is 7.14. The van der Waals surface area contributed by atoms with E-state index in [2.05, 4.69) is 11.9 Å². The fraction of sp³-hybridized carbons (Fsp3) is 0.750. The Morgan fingerprint density at radius 2 is 2.09 bits per heavy atom. The van der Waals surface area contributed by atoms with Crippen molar-refractivity contribution in [3.8, 4) is 0 Å². The first-order valence-corrected chi connectivity index (χ1v) is 3.80. The molecule has 0 amide bonds. The molecule has 0 bridgehead atoms. The quantitative estimate of drug-likeness (QED) is 0.411. The Kier molecular flexibility index (Phi) is 9.29. The third kappa shape index (κ3) is 9.62. The molecule has 0 saturated carbocycles. The van der Waals surface area contributed by atoms with Crippen LogP contribution in [0.2, 0.25) is 0 Å². The summed E-state index contributed by atoms with van der Waals surface area (Å²) in [5.74, 6) is 0. The van der Waals surface area contributed by atoms with Crippen LogP contribution in [0.25, 0.3) is 0 Å². The van der Waals surface area contributed by atoms with Gasteiger partial charge in [-0.3, -0.25) is 0 Å². The second-order valence-electron chi connectivity index (χ2n) is 2.11. The van der Waals surface area contributed by atoms with Crippen LogP contribution in [-0.2, 0) is 9.47 Å². The maximum absolute atomic E-state index is 5.14. The van der Waals surface area contributed by atoms with Gasteiger partial charge in [-0.15, -0.1) is 6.58 Å². The Morgan fingerprint density at radius 3 is 2.73 bits per heavy atom. The number of methoxy groups -OCH3 is 1. The first-order valence-electron chi connectivity index (χ1n) is 3.80. The molecule has 11 heavy (non-hydrogen) atoms. The highest BCUT2D eigenvalue weighted by atomic mass is 16.5. The predicted molar refractivity (Wildman–Crippen MR) is 45.8 cm³/mol. The van der Waals surface area contributed by atoms with Gasteiger partial charge in [-0.1, -0.05) is 6.08 Å². The zero-order chi connectivity index (χ0) is 8.36. The summed E-state index contributed by atoms with van der Waals surface area (Å²) in [5, 5.41) is 3.16. The highest BCUT2D eigenvalue weighted by molar-refractivity contribution is 4.63. The minimum Gasteiger partial charge on any atom is -0.383 e. The summed E-state index contributed by atoms with van der Waals surface area (Å²) in [6.45, 7) is 7.41. The van der Waals surface area contributed by atoms with E-state index in [1.165, 1.54) is 0 Å². The molecule has 0 aromatic heterocycles. The second kappa shape index (κ2) is 9.62. The molecule has 0 heterocycles. The summed E-state index contributed by atoms with van der Waals surface area (Å²) < 4.78 is 9.99. The Balaban J connectivity index is 2.74. The molecule has 0 aromatic rings. The first kappa shape index (κ1) is 10.6. The molecule has 0 spiro atoms. The van der Waals surface area contributed by atoms with Crippen LogP contribution in [-0.4, -0.2) is 40.0 Å². The summed E-state index contributed by atoms with van der Waals surface area (Å²) in [7, 11) is 1.69. The molecule has 0 aromatic carbocycles. The lowest BCUT2D eigenvalue weighted by atomic mass is 10.6. The maximum Gasteiger partial charge on any atom is 0.0645 e. The van der Waals surface area contributed by atoms with E-state index in [0.717, 1.165) is 26.3 Å². The van der Waals surface area contributed by atoms with Crippen LogP contribution in [0.1, 0.15) is 0 Å². The van der Waals surface area contributed by atoms with Gasteiger partial charge in [0.15, 0.2) is 0 Å².